The van der Waals surface area contributed by atoms with Crippen LogP contribution in [0.1, 0.15) is 38.2 Å². The lowest BCUT2D eigenvalue weighted by molar-refractivity contribution is 0.282. The Kier molecular flexibility index (Phi) is 3.83. The van der Waals surface area contributed by atoms with Gasteiger partial charge in [0.05, 0.1) is 6.61 Å². The monoisotopic (exact) mass is 219 g/mol. The van der Waals surface area contributed by atoms with Crippen molar-refractivity contribution in [3.63, 3.8) is 0 Å². The van der Waals surface area contributed by atoms with E-state index in [2.05, 4.69) is 18.3 Å². The molecule has 1 unspecified atom stereocenters. The molecule has 0 bridgehead atoms. The predicted molar refractivity (Wildman–Crippen MR) is 67.4 cm³/mol. The van der Waals surface area contributed by atoms with Gasteiger partial charge in [-0.2, -0.15) is 0 Å². The van der Waals surface area contributed by atoms with Crippen LogP contribution in [0.2, 0.25) is 0 Å². The SMILES string of the molecule is CCCC(Nc1ccccc1CO)C1CC1. The molecule has 16 heavy (non-hydrogen) atoms. The van der Waals surface area contributed by atoms with Gasteiger partial charge in [-0.25, -0.2) is 0 Å². The number of benzene rings is 1. The number of para-hydroxylation sites is 1. The number of aliphatic hydroxyl groups excluding tert-OH is 1. The zero-order chi connectivity index (χ0) is 11.4. The Hall–Kier alpha value is -1.02. The summed E-state index contributed by atoms with van der Waals surface area (Å²) >= 11 is 0. The second-order valence-electron chi connectivity index (χ2n) is 4.69. The molecule has 0 aliphatic heterocycles. The molecule has 2 heteroatoms. The molecule has 0 amide bonds. The Balaban J connectivity index is 2.05. The maximum atomic E-state index is 9.28. The van der Waals surface area contributed by atoms with Crippen molar-refractivity contribution in [3.8, 4) is 0 Å². The van der Waals surface area contributed by atoms with Gasteiger partial charge in [-0.3, -0.25) is 0 Å². The third kappa shape index (κ3) is 2.76. The van der Waals surface area contributed by atoms with Crippen LogP contribution >= 0.6 is 0 Å². The minimum atomic E-state index is 0.118. The summed E-state index contributed by atoms with van der Waals surface area (Å²) in [4.78, 5) is 0. The summed E-state index contributed by atoms with van der Waals surface area (Å²) in [6.07, 6.45) is 5.16. The summed E-state index contributed by atoms with van der Waals surface area (Å²) in [6, 6.07) is 8.65. The van der Waals surface area contributed by atoms with Gasteiger partial charge in [-0.05, 0) is 31.2 Å². The van der Waals surface area contributed by atoms with E-state index < -0.39 is 0 Å². The first-order chi connectivity index (χ1) is 7.85. The van der Waals surface area contributed by atoms with E-state index in [0.717, 1.165) is 17.2 Å². The van der Waals surface area contributed by atoms with Gasteiger partial charge in [0.2, 0.25) is 0 Å². The Labute approximate surface area is 97.7 Å². The summed E-state index contributed by atoms with van der Waals surface area (Å²) in [5.41, 5.74) is 2.11. The van der Waals surface area contributed by atoms with Gasteiger partial charge in [0.15, 0.2) is 0 Å². The van der Waals surface area contributed by atoms with Crippen molar-refractivity contribution in [3.05, 3.63) is 29.8 Å². The lowest BCUT2D eigenvalue weighted by atomic mass is 10.1. The minimum absolute atomic E-state index is 0.118. The molecule has 2 rings (SSSR count). The first-order valence-corrected chi connectivity index (χ1v) is 6.30. The molecule has 2 nitrogen and oxygen atoms in total. The fraction of sp³-hybridized carbons (Fsp3) is 0.571. The fourth-order valence-corrected chi connectivity index (χ4v) is 2.23. The zero-order valence-electron chi connectivity index (χ0n) is 9.95. The van der Waals surface area contributed by atoms with Gasteiger partial charge in [0, 0.05) is 17.3 Å². The van der Waals surface area contributed by atoms with Gasteiger partial charge >= 0.3 is 0 Å². The van der Waals surface area contributed by atoms with Crippen LogP contribution in [-0.2, 0) is 6.61 Å². The van der Waals surface area contributed by atoms with Crippen molar-refractivity contribution in [2.75, 3.05) is 5.32 Å². The van der Waals surface area contributed by atoms with Crippen molar-refractivity contribution in [1.29, 1.82) is 0 Å². The number of rotatable bonds is 6. The molecule has 0 aromatic heterocycles. The van der Waals surface area contributed by atoms with Gasteiger partial charge in [0.1, 0.15) is 0 Å². The van der Waals surface area contributed by atoms with E-state index in [1.807, 2.05) is 18.2 Å². The molecular weight excluding hydrogens is 198 g/mol. The average molecular weight is 219 g/mol. The van der Waals surface area contributed by atoms with Gasteiger partial charge < -0.3 is 10.4 Å². The highest BCUT2D eigenvalue weighted by atomic mass is 16.3. The van der Waals surface area contributed by atoms with Crippen LogP contribution in [0, 0.1) is 5.92 Å². The highest BCUT2D eigenvalue weighted by Crippen LogP contribution is 2.36. The first-order valence-electron chi connectivity index (χ1n) is 6.30. The molecule has 1 aliphatic rings. The van der Waals surface area contributed by atoms with Gasteiger partial charge in [-0.1, -0.05) is 31.5 Å². The molecule has 0 radical (unpaired) electrons. The lowest BCUT2D eigenvalue weighted by Crippen LogP contribution is -2.22. The molecule has 0 heterocycles. The number of aliphatic hydroxyl groups is 1. The quantitative estimate of drug-likeness (QED) is 0.770. The van der Waals surface area contributed by atoms with Crippen molar-refractivity contribution in [1.82, 2.24) is 0 Å². The first kappa shape index (κ1) is 11.5. The Morgan fingerprint density at radius 3 is 2.75 bits per heavy atom. The van der Waals surface area contributed by atoms with Crippen molar-refractivity contribution in [2.45, 2.75) is 45.3 Å². The molecule has 88 valence electrons. The zero-order valence-corrected chi connectivity index (χ0v) is 9.95. The lowest BCUT2D eigenvalue weighted by Gasteiger charge is -2.20. The van der Waals surface area contributed by atoms with E-state index in [9.17, 15) is 5.11 Å². The van der Waals surface area contributed by atoms with Crippen LogP contribution in [0.25, 0.3) is 0 Å². The van der Waals surface area contributed by atoms with Crippen LogP contribution < -0.4 is 5.32 Å². The summed E-state index contributed by atoms with van der Waals surface area (Å²) in [7, 11) is 0. The van der Waals surface area contributed by atoms with Gasteiger partial charge in [0.25, 0.3) is 0 Å². The van der Waals surface area contributed by atoms with E-state index in [4.69, 9.17) is 0 Å². The molecule has 2 N–H and O–H groups in total. The summed E-state index contributed by atoms with van der Waals surface area (Å²) in [5.74, 6) is 0.853. The molecule has 1 aromatic rings. The van der Waals surface area contributed by atoms with Crippen molar-refractivity contribution >= 4 is 5.69 Å². The van der Waals surface area contributed by atoms with Crippen LogP contribution in [0.4, 0.5) is 5.69 Å². The molecule has 1 atom stereocenters. The van der Waals surface area contributed by atoms with Crippen LogP contribution in [0.15, 0.2) is 24.3 Å². The van der Waals surface area contributed by atoms with E-state index in [1.54, 1.807) is 0 Å². The maximum Gasteiger partial charge on any atom is 0.0701 e. The van der Waals surface area contributed by atoms with E-state index >= 15 is 0 Å². The van der Waals surface area contributed by atoms with Crippen LogP contribution in [0.5, 0.6) is 0 Å². The highest BCUT2D eigenvalue weighted by molar-refractivity contribution is 5.51. The molecule has 1 aromatic carbocycles. The molecule has 0 saturated heterocycles. The third-order valence-electron chi connectivity index (χ3n) is 3.32. The average Bonchev–Trinajstić information content (AvgIpc) is 3.13. The largest absolute Gasteiger partial charge is 0.392 e. The maximum absolute atomic E-state index is 9.28. The topological polar surface area (TPSA) is 32.3 Å². The highest BCUT2D eigenvalue weighted by Gasteiger charge is 2.30. The summed E-state index contributed by atoms with van der Waals surface area (Å²) in [6.45, 7) is 2.35. The minimum Gasteiger partial charge on any atom is -0.392 e. The van der Waals surface area contributed by atoms with Crippen molar-refractivity contribution < 1.29 is 5.11 Å². The molecule has 1 saturated carbocycles. The molecule has 1 fully saturated rings. The summed E-state index contributed by atoms with van der Waals surface area (Å²) in [5, 5.41) is 12.9. The molecule has 0 spiro atoms. The van der Waals surface area contributed by atoms with E-state index in [-0.39, 0.29) is 6.61 Å². The number of hydrogen-bond donors (Lipinski definition) is 2. The standard InChI is InChI=1S/C14H21NO/c1-2-5-13(11-8-9-11)15-14-7-4-3-6-12(14)10-16/h3-4,6-7,11,13,15-16H,2,5,8-10H2,1H3. The number of hydrogen-bond acceptors (Lipinski definition) is 2. The van der Waals surface area contributed by atoms with E-state index in [1.165, 1.54) is 25.7 Å². The Morgan fingerprint density at radius 2 is 2.12 bits per heavy atom. The second-order valence-corrected chi connectivity index (χ2v) is 4.69. The molecular formula is C14H21NO. The smallest absolute Gasteiger partial charge is 0.0701 e. The summed E-state index contributed by atoms with van der Waals surface area (Å²) < 4.78 is 0. The second kappa shape index (κ2) is 5.35. The fourth-order valence-electron chi connectivity index (χ4n) is 2.23. The molecule has 1 aliphatic carbocycles. The van der Waals surface area contributed by atoms with Crippen LogP contribution in [-0.4, -0.2) is 11.1 Å². The van der Waals surface area contributed by atoms with Crippen molar-refractivity contribution in [2.24, 2.45) is 5.92 Å². The third-order valence-corrected chi connectivity index (χ3v) is 3.32. The van der Waals surface area contributed by atoms with E-state index in [0.29, 0.717) is 6.04 Å². The normalized spacial score (nSPS) is 17.1. The number of nitrogens with one attached hydrogen (secondary N) is 1. The van der Waals surface area contributed by atoms with Crippen LogP contribution in [0.3, 0.4) is 0 Å². The number of anilines is 1. The predicted octanol–water partition coefficient (Wildman–Crippen LogP) is 3.17. The van der Waals surface area contributed by atoms with Gasteiger partial charge in [-0.15, -0.1) is 0 Å². The Morgan fingerprint density at radius 1 is 1.38 bits per heavy atom. The Bertz CT molecular complexity index is 333.